The number of aromatic nitrogens is 4. The molecule has 94 valence electrons. The summed E-state index contributed by atoms with van der Waals surface area (Å²) in [4.78, 5) is 15.4. The van der Waals surface area contributed by atoms with Gasteiger partial charge in [0.05, 0.1) is 17.8 Å². The quantitative estimate of drug-likeness (QED) is 0.767. The molecule has 0 aliphatic heterocycles. The van der Waals surface area contributed by atoms with Crippen molar-refractivity contribution in [2.45, 2.75) is 6.54 Å². The molecule has 0 aliphatic rings. The van der Waals surface area contributed by atoms with Crippen LogP contribution in [0, 0.1) is 0 Å². The summed E-state index contributed by atoms with van der Waals surface area (Å²) in [5, 5.41) is 17.2. The van der Waals surface area contributed by atoms with Crippen LogP contribution in [-0.4, -0.2) is 31.1 Å². The van der Waals surface area contributed by atoms with Crippen molar-refractivity contribution in [1.82, 2.24) is 20.0 Å². The fourth-order valence-corrected chi connectivity index (χ4v) is 1.96. The minimum atomic E-state index is -0.991. The lowest BCUT2D eigenvalue weighted by Gasteiger charge is -2.03. The monoisotopic (exact) mass is 254 g/mol. The van der Waals surface area contributed by atoms with Crippen molar-refractivity contribution >= 4 is 17.0 Å². The van der Waals surface area contributed by atoms with Gasteiger partial charge >= 0.3 is 5.97 Å². The van der Waals surface area contributed by atoms with E-state index >= 15 is 0 Å². The first-order chi connectivity index (χ1) is 9.25. The topological polar surface area (TPSA) is 80.9 Å². The summed E-state index contributed by atoms with van der Waals surface area (Å²) < 4.78 is 1.56. The number of carboxylic acids is 1. The third-order valence-electron chi connectivity index (χ3n) is 2.80. The highest BCUT2D eigenvalue weighted by Gasteiger charge is 2.14. The summed E-state index contributed by atoms with van der Waals surface area (Å²) in [5.41, 5.74) is 2.07. The van der Waals surface area contributed by atoms with Gasteiger partial charge in [-0.2, -0.15) is 0 Å². The van der Waals surface area contributed by atoms with Crippen molar-refractivity contribution in [3.63, 3.8) is 0 Å². The average Bonchev–Trinajstić information content (AvgIpc) is 2.83. The number of fused-ring (bicyclic) bond motifs is 1. The van der Waals surface area contributed by atoms with Gasteiger partial charge in [-0.05, 0) is 24.3 Å². The summed E-state index contributed by atoms with van der Waals surface area (Å²) in [5.74, 6) is -0.991. The van der Waals surface area contributed by atoms with E-state index in [9.17, 15) is 9.90 Å². The Morgan fingerprint density at radius 2 is 2.11 bits per heavy atom. The zero-order chi connectivity index (χ0) is 13.2. The predicted molar refractivity (Wildman–Crippen MR) is 67.8 cm³/mol. The second-order valence-corrected chi connectivity index (χ2v) is 4.05. The van der Waals surface area contributed by atoms with Gasteiger partial charge in [0.15, 0.2) is 0 Å². The molecule has 0 atom stereocenters. The van der Waals surface area contributed by atoms with Gasteiger partial charge in [0.1, 0.15) is 11.0 Å². The number of carbonyl (C=O) groups is 1. The third-order valence-corrected chi connectivity index (χ3v) is 2.80. The smallest absolute Gasteiger partial charge is 0.337 e. The summed E-state index contributed by atoms with van der Waals surface area (Å²) in [6.07, 6.45) is 1.69. The maximum absolute atomic E-state index is 11.2. The Labute approximate surface area is 108 Å². The third kappa shape index (κ3) is 2.03. The Hall–Kier alpha value is -2.76. The van der Waals surface area contributed by atoms with Crippen LogP contribution < -0.4 is 0 Å². The molecule has 19 heavy (non-hydrogen) atoms. The number of benzene rings is 1. The fraction of sp³-hybridized carbons (Fsp3) is 0.0769. The van der Waals surface area contributed by atoms with Crippen LogP contribution in [0.15, 0.2) is 42.6 Å². The van der Waals surface area contributed by atoms with Gasteiger partial charge < -0.3 is 5.11 Å². The maximum Gasteiger partial charge on any atom is 0.337 e. The number of hydrogen-bond acceptors (Lipinski definition) is 4. The average molecular weight is 254 g/mol. The molecular formula is C13H10N4O2. The van der Waals surface area contributed by atoms with Crippen molar-refractivity contribution in [1.29, 1.82) is 0 Å². The molecule has 0 amide bonds. The summed E-state index contributed by atoms with van der Waals surface area (Å²) in [6.45, 7) is 0.391. The number of nitrogens with zero attached hydrogens (tertiary/aromatic N) is 4. The Morgan fingerprint density at radius 3 is 2.84 bits per heavy atom. The van der Waals surface area contributed by atoms with E-state index in [1.165, 1.54) is 0 Å². The summed E-state index contributed by atoms with van der Waals surface area (Å²) >= 11 is 0. The number of para-hydroxylation sites is 1. The molecule has 2 aromatic heterocycles. The lowest BCUT2D eigenvalue weighted by molar-refractivity contribution is 0.0698. The zero-order valence-electron chi connectivity index (χ0n) is 9.89. The van der Waals surface area contributed by atoms with E-state index in [0.29, 0.717) is 17.6 Å². The van der Waals surface area contributed by atoms with Gasteiger partial charge in [0, 0.05) is 6.20 Å². The minimum Gasteiger partial charge on any atom is -0.478 e. The molecule has 0 saturated heterocycles. The second kappa shape index (κ2) is 4.49. The molecule has 0 bridgehead atoms. The summed E-state index contributed by atoms with van der Waals surface area (Å²) in [7, 11) is 0. The van der Waals surface area contributed by atoms with Gasteiger partial charge in [-0.15, -0.1) is 5.10 Å². The molecule has 0 spiro atoms. The molecule has 6 nitrogen and oxygen atoms in total. The molecule has 0 radical (unpaired) electrons. The molecule has 3 aromatic rings. The highest BCUT2D eigenvalue weighted by atomic mass is 16.4. The van der Waals surface area contributed by atoms with Gasteiger partial charge in [-0.25, -0.2) is 9.48 Å². The highest BCUT2D eigenvalue weighted by Crippen LogP contribution is 2.17. The first kappa shape index (κ1) is 11.3. The molecule has 1 N–H and O–H groups in total. The summed E-state index contributed by atoms with van der Waals surface area (Å²) in [6, 6.07) is 10.5. The Morgan fingerprint density at radius 1 is 1.21 bits per heavy atom. The van der Waals surface area contributed by atoms with Crippen molar-refractivity contribution in [3.8, 4) is 0 Å². The molecular weight excluding hydrogens is 244 g/mol. The van der Waals surface area contributed by atoms with Crippen molar-refractivity contribution in [3.05, 3.63) is 53.9 Å². The zero-order valence-corrected chi connectivity index (χ0v) is 9.89. The number of hydrogen-bond donors (Lipinski definition) is 1. The van der Waals surface area contributed by atoms with Crippen LogP contribution >= 0.6 is 0 Å². The Kier molecular flexibility index (Phi) is 2.68. The molecule has 0 unspecified atom stereocenters. The van der Waals surface area contributed by atoms with Crippen molar-refractivity contribution in [2.75, 3.05) is 0 Å². The number of carboxylic acid groups (broad SMARTS) is 1. The molecule has 3 rings (SSSR count). The van der Waals surface area contributed by atoms with E-state index in [4.69, 9.17) is 0 Å². The predicted octanol–water partition coefficient (Wildman–Crippen LogP) is 1.57. The van der Waals surface area contributed by atoms with E-state index in [1.807, 2.05) is 18.2 Å². The molecule has 0 saturated carbocycles. The van der Waals surface area contributed by atoms with E-state index in [1.54, 1.807) is 29.1 Å². The Balaban J connectivity index is 2.12. The van der Waals surface area contributed by atoms with Gasteiger partial charge in [0.25, 0.3) is 0 Å². The van der Waals surface area contributed by atoms with Crippen molar-refractivity contribution in [2.24, 2.45) is 0 Å². The minimum absolute atomic E-state index is 0.193. The van der Waals surface area contributed by atoms with E-state index in [-0.39, 0.29) is 5.56 Å². The largest absolute Gasteiger partial charge is 0.478 e. The van der Waals surface area contributed by atoms with Crippen LogP contribution in [0.2, 0.25) is 0 Å². The van der Waals surface area contributed by atoms with Crippen LogP contribution in [0.5, 0.6) is 0 Å². The van der Waals surface area contributed by atoms with Crippen LogP contribution in [0.4, 0.5) is 0 Å². The maximum atomic E-state index is 11.2. The van der Waals surface area contributed by atoms with Crippen LogP contribution in [-0.2, 0) is 6.54 Å². The lowest BCUT2D eigenvalue weighted by atomic mass is 10.2. The van der Waals surface area contributed by atoms with E-state index < -0.39 is 5.97 Å². The standard InChI is InChI=1S/C13H10N4O2/c18-13(19)10-5-3-6-11-12(10)17(16-15-11)8-9-4-1-2-7-14-9/h1-7H,8H2,(H,18,19). The van der Waals surface area contributed by atoms with Gasteiger partial charge in [-0.1, -0.05) is 17.3 Å². The van der Waals surface area contributed by atoms with Crippen LogP contribution in [0.25, 0.3) is 11.0 Å². The Bertz CT molecular complexity index is 737. The van der Waals surface area contributed by atoms with Crippen molar-refractivity contribution < 1.29 is 9.90 Å². The van der Waals surface area contributed by atoms with Crippen LogP contribution in [0.1, 0.15) is 16.1 Å². The second-order valence-electron chi connectivity index (χ2n) is 4.05. The highest BCUT2D eigenvalue weighted by molar-refractivity contribution is 6.00. The lowest BCUT2D eigenvalue weighted by Crippen LogP contribution is -2.07. The fourth-order valence-electron chi connectivity index (χ4n) is 1.96. The number of aromatic carboxylic acids is 1. The molecule has 0 fully saturated rings. The van der Waals surface area contributed by atoms with Gasteiger partial charge in [0.2, 0.25) is 0 Å². The normalized spacial score (nSPS) is 10.7. The number of rotatable bonds is 3. The molecule has 6 heteroatoms. The van der Waals surface area contributed by atoms with Crippen LogP contribution in [0.3, 0.4) is 0 Å². The molecule has 0 aliphatic carbocycles. The number of pyridine rings is 1. The SMILES string of the molecule is O=C(O)c1cccc2nnn(Cc3ccccn3)c12. The first-order valence-electron chi connectivity index (χ1n) is 5.71. The van der Waals surface area contributed by atoms with Gasteiger partial charge in [-0.3, -0.25) is 4.98 Å². The van der Waals surface area contributed by atoms with E-state index in [0.717, 1.165) is 5.69 Å². The molecule has 2 heterocycles. The molecule has 1 aromatic carbocycles. The van der Waals surface area contributed by atoms with E-state index in [2.05, 4.69) is 15.3 Å². The first-order valence-corrected chi connectivity index (χ1v) is 5.71.